The molecular formula is C34H31FIN5O6. The number of benzene rings is 1. The number of anilines is 3. The number of halogens is 2. The first kappa shape index (κ1) is 31.2. The van der Waals surface area contributed by atoms with Gasteiger partial charge in [-0.3, -0.25) is 9.59 Å². The van der Waals surface area contributed by atoms with Crippen molar-refractivity contribution in [3.63, 3.8) is 0 Å². The Bertz CT molecular complexity index is 1870. The van der Waals surface area contributed by atoms with E-state index in [4.69, 9.17) is 14.1 Å². The number of hydrogen-bond donors (Lipinski definition) is 2. The van der Waals surface area contributed by atoms with Gasteiger partial charge in [0, 0.05) is 71.8 Å². The number of pyridine rings is 2. The number of carboxylic acids is 1. The number of amides is 2. The highest BCUT2D eigenvalue weighted by Gasteiger charge is 2.45. The summed E-state index contributed by atoms with van der Waals surface area (Å²) in [6.07, 6.45) is 5.94. The number of rotatable bonds is 7. The van der Waals surface area contributed by atoms with E-state index in [-0.39, 0.29) is 47.2 Å². The van der Waals surface area contributed by atoms with Gasteiger partial charge in [0.25, 0.3) is 11.8 Å². The number of furan rings is 1. The van der Waals surface area contributed by atoms with Gasteiger partial charge >= 0.3 is 5.97 Å². The van der Waals surface area contributed by atoms with Crippen molar-refractivity contribution in [2.24, 2.45) is 5.41 Å². The Morgan fingerprint density at radius 1 is 1.04 bits per heavy atom. The second kappa shape index (κ2) is 12.7. The molecular weight excluding hydrogens is 720 g/mol. The molecule has 2 saturated heterocycles. The zero-order valence-corrected chi connectivity index (χ0v) is 27.5. The Kier molecular flexibility index (Phi) is 8.43. The highest BCUT2D eigenvalue weighted by molar-refractivity contribution is 14.1. The molecule has 3 aliphatic heterocycles. The lowest BCUT2D eigenvalue weighted by Crippen LogP contribution is -2.59. The summed E-state index contributed by atoms with van der Waals surface area (Å²) in [5.74, 6) is -1.96. The minimum absolute atomic E-state index is 0.148. The van der Waals surface area contributed by atoms with Crippen LogP contribution >= 0.6 is 22.6 Å². The van der Waals surface area contributed by atoms with Crippen LogP contribution in [0.15, 0.2) is 59.3 Å². The van der Waals surface area contributed by atoms with E-state index in [1.165, 1.54) is 17.0 Å². The molecule has 0 saturated carbocycles. The van der Waals surface area contributed by atoms with Gasteiger partial charge in [-0.1, -0.05) is 22.6 Å². The van der Waals surface area contributed by atoms with Crippen LogP contribution in [0.4, 0.5) is 21.6 Å². The molecule has 0 radical (unpaired) electrons. The number of fused-ring (bicyclic) bond motifs is 3. The van der Waals surface area contributed by atoms with Crippen molar-refractivity contribution in [3.05, 3.63) is 88.7 Å². The lowest BCUT2D eigenvalue weighted by atomic mass is 9.73. The second-order valence-corrected chi connectivity index (χ2v) is 13.2. The minimum Gasteiger partial charge on any atom is -0.475 e. The van der Waals surface area contributed by atoms with E-state index >= 15 is 0 Å². The van der Waals surface area contributed by atoms with E-state index in [0.717, 1.165) is 61.8 Å². The zero-order chi connectivity index (χ0) is 32.7. The molecule has 2 N–H and O–H groups in total. The van der Waals surface area contributed by atoms with Crippen molar-refractivity contribution in [1.82, 2.24) is 9.97 Å². The maximum atomic E-state index is 14.4. The van der Waals surface area contributed by atoms with Gasteiger partial charge < -0.3 is 29.4 Å². The van der Waals surface area contributed by atoms with Gasteiger partial charge in [-0.2, -0.15) is 0 Å². The fourth-order valence-electron chi connectivity index (χ4n) is 6.54. The highest BCUT2D eigenvalue weighted by Crippen LogP contribution is 2.43. The summed E-state index contributed by atoms with van der Waals surface area (Å²) in [7, 11) is 0. The number of carbonyl (C=O) groups is 3. The Morgan fingerprint density at radius 3 is 2.53 bits per heavy atom. The Labute approximate surface area is 283 Å². The van der Waals surface area contributed by atoms with E-state index < -0.39 is 17.7 Å². The number of nitrogens with one attached hydrogen (secondary N) is 1. The number of carboxylic acid groups (broad SMARTS) is 1. The predicted molar refractivity (Wildman–Crippen MR) is 180 cm³/mol. The smallest absolute Gasteiger partial charge is 0.371 e. The summed E-state index contributed by atoms with van der Waals surface area (Å²) in [4.78, 5) is 51.4. The zero-order valence-electron chi connectivity index (χ0n) is 25.3. The third kappa shape index (κ3) is 6.09. The van der Waals surface area contributed by atoms with Crippen LogP contribution in [0.1, 0.15) is 55.2 Å². The average Bonchev–Trinajstić information content (AvgIpc) is 3.43. The number of ether oxygens (including phenoxy) is 1. The fraction of sp³-hybridized carbons (Fsp3) is 0.324. The van der Waals surface area contributed by atoms with Crippen LogP contribution in [0.5, 0.6) is 0 Å². The number of aromatic nitrogens is 2. The highest BCUT2D eigenvalue weighted by atomic mass is 127. The molecule has 3 aromatic heterocycles. The Hall–Kier alpha value is -4.37. The number of hydrogen-bond acceptors (Lipinski definition) is 8. The lowest BCUT2D eigenvalue weighted by molar-refractivity contribution is -0.000512. The standard InChI is InChI=1S/C34H31FIN5O6/c35-23-15-26-28(37-17-23)29-22(14-27(47-29)33(44)45)6-10-41(26)32(43)21-1-3-24(4-2-21)39-31(42)25-13-20(5-9-36)16-38-30(25)40-18-34(19-40)7-11-46-12-8-34/h1-4,13-17H,5-12,18-19H2,(H,39,42)(H,44,45). The minimum atomic E-state index is -1.23. The van der Waals surface area contributed by atoms with Crippen molar-refractivity contribution in [1.29, 1.82) is 0 Å². The molecule has 2 fully saturated rings. The fourth-order valence-corrected chi connectivity index (χ4v) is 7.17. The largest absolute Gasteiger partial charge is 0.475 e. The van der Waals surface area contributed by atoms with Crippen LogP contribution < -0.4 is 15.1 Å². The normalized spacial score (nSPS) is 16.6. The molecule has 1 spiro atoms. The second-order valence-electron chi connectivity index (χ2n) is 12.2. The van der Waals surface area contributed by atoms with Gasteiger partial charge in [-0.05, 0) is 67.6 Å². The SMILES string of the molecule is O=C(O)c1cc2c(o1)-c1ncc(F)cc1N(C(=O)c1ccc(NC(=O)c3cc(CCI)cnc3N3CC4(CCOCC4)C3)cc1)CC2. The van der Waals surface area contributed by atoms with Crippen LogP contribution in [-0.2, 0) is 17.6 Å². The molecule has 47 heavy (non-hydrogen) atoms. The quantitative estimate of drug-likeness (QED) is 0.182. The van der Waals surface area contributed by atoms with Crippen LogP contribution in [-0.4, -0.2) is 70.1 Å². The summed E-state index contributed by atoms with van der Waals surface area (Å²) in [5, 5.41) is 12.4. The predicted octanol–water partition coefficient (Wildman–Crippen LogP) is 5.62. The summed E-state index contributed by atoms with van der Waals surface area (Å²) in [6, 6.07) is 11.0. The molecule has 2 amide bonds. The molecule has 4 aromatic rings. The lowest BCUT2D eigenvalue weighted by Gasteiger charge is -2.53. The van der Waals surface area contributed by atoms with Gasteiger partial charge in [0.2, 0.25) is 5.76 Å². The molecule has 0 aliphatic carbocycles. The van der Waals surface area contributed by atoms with Crippen molar-refractivity contribution in [2.75, 3.05) is 52.4 Å². The summed E-state index contributed by atoms with van der Waals surface area (Å²) in [6.45, 7) is 3.35. The third-order valence-corrected chi connectivity index (χ3v) is 9.60. The number of aromatic carboxylic acids is 1. The number of alkyl halides is 1. The molecule has 7 rings (SSSR count). The topological polar surface area (TPSA) is 138 Å². The molecule has 242 valence electrons. The molecule has 0 unspecified atom stereocenters. The van der Waals surface area contributed by atoms with Crippen LogP contribution in [0.25, 0.3) is 11.5 Å². The number of carbonyl (C=O) groups excluding carboxylic acids is 2. The number of nitrogens with zero attached hydrogens (tertiary/aromatic N) is 4. The monoisotopic (exact) mass is 751 g/mol. The van der Waals surface area contributed by atoms with Crippen molar-refractivity contribution in [3.8, 4) is 11.5 Å². The van der Waals surface area contributed by atoms with E-state index in [9.17, 15) is 23.9 Å². The molecule has 11 nitrogen and oxygen atoms in total. The van der Waals surface area contributed by atoms with E-state index in [0.29, 0.717) is 28.2 Å². The van der Waals surface area contributed by atoms with Crippen molar-refractivity contribution >= 4 is 57.6 Å². The first-order chi connectivity index (χ1) is 22.7. The molecule has 3 aliphatic rings. The molecule has 0 bridgehead atoms. The van der Waals surface area contributed by atoms with Gasteiger partial charge in [-0.15, -0.1) is 0 Å². The van der Waals surface area contributed by atoms with Crippen LogP contribution in [0, 0.1) is 11.2 Å². The Morgan fingerprint density at radius 2 is 1.81 bits per heavy atom. The summed E-state index contributed by atoms with van der Waals surface area (Å²) >= 11 is 2.31. The average molecular weight is 752 g/mol. The van der Waals surface area contributed by atoms with E-state index in [1.54, 1.807) is 24.3 Å². The molecule has 1 aromatic carbocycles. The van der Waals surface area contributed by atoms with Crippen molar-refractivity contribution < 1.29 is 33.0 Å². The maximum Gasteiger partial charge on any atom is 0.371 e. The van der Waals surface area contributed by atoms with E-state index in [2.05, 4.69) is 37.8 Å². The third-order valence-electron chi connectivity index (χ3n) is 9.06. The van der Waals surface area contributed by atoms with E-state index in [1.807, 2.05) is 12.3 Å². The first-order valence-electron chi connectivity index (χ1n) is 15.4. The molecule has 13 heteroatoms. The summed E-state index contributed by atoms with van der Waals surface area (Å²) < 4.78 is 26.4. The van der Waals surface area contributed by atoms with Crippen LogP contribution in [0.2, 0.25) is 0 Å². The Balaban J connectivity index is 1.10. The number of aryl methyl sites for hydroxylation is 1. The van der Waals surface area contributed by atoms with Crippen LogP contribution in [0.3, 0.4) is 0 Å². The first-order valence-corrected chi connectivity index (χ1v) is 16.9. The maximum absolute atomic E-state index is 14.4. The van der Waals surface area contributed by atoms with Gasteiger partial charge in [0.05, 0.1) is 17.4 Å². The van der Waals surface area contributed by atoms with Gasteiger partial charge in [0.15, 0.2) is 5.76 Å². The molecule has 6 heterocycles. The van der Waals surface area contributed by atoms with Gasteiger partial charge in [-0.25, -0.2) is 19.2 Å². The van der Waals surface area contributed by atoms with Crippen molar-refractivity contribution in [2.45, 2.75) is 25.7 Å². The molecule has 0 atom stereocenters. The summed E-state index contributed by atoms with van der Waals surface area (Å²) in [5.41, 5.74) is 3.46. The van der Waals surface area contributed by atoms with Gasteiger partial charge in [0.1, 0.15) is 17.3 Å².